The van der Waals surface area contributed by atoms with E-state index in [-0.39, 0.29) is 23.3 Å². The van der Waals surface area contributed by atoms with Gasteiger partial charge >= 0.3 is 0 Å². The maximum atomic E-state index is 12.5. The van der Waals surface area contributed by atoms with E-state index in [4.69, 9.17) is 0 Å². The van der Waals surface area contributed by atoms with Crippen LogP contribution in [-0.4, -0.2) is 51.6 Å². The number of non-ortho nitro benzene ring substituents is 1. The number of nitro benzene ring substituents is 1. The first-order valence-electron chi connectivity index (χ1n) is 8.24. The van der Waals surface area contributed by atoms with Gasteiger partial charge in [-0.1, -0.05) is 6.92 Å². The summed E-state index contributed by atoms with van der Waals surface area (Å²) in [6, 6.07) is 4.47. The van der Waals surface area contributed by atoms with E-state index in [9.17, 15) is 14.9 Å². The van der Waals surface area contributed by atoms with E-state index in [0.29, 0.717) is 10.9 Å². The van der Waals surface area contributed by atoms with Crippen LogP contribution < -0.4 is 5.32 Å². The highest BCUT2D eigenvalue weighted by Gasteiger charge is 2.23. The average molecular weight is 331 g/mol. The molecule has 3 rings (SSSR count). The molecule has 2 aromatic rings. The van der Waals surface area contributed by atoms with Crippen molar-refractivity contribution in [3.8, 4) is 0 Å². The van der Waals surface area contributed by atoms with Crippen molar-refractivity contribution >= 4 is 22.5 Å². The summed E-state index contributed by atoms with van der Waals surface area (Å²) < 4.78 is 0. The minimum Gasteiger partial charge on any atom is -0.348 e. The molecule has 128 valence electrons. The van der Waals surface area contributed by atoms with Gasteiger partial charge in [-0.25, -0.2) is 0 Å². The Balaban J connectivity index is 1.70. The van der Waals surface area contributed by atoms with Crippen molar-refractivity contribution in [1.29, 1.82) is 0 Å². The Morgan fingerprint density at radius 1 is 1.46 bits per heavy atom. The number of rotatable bonds is 5. The summed E-state index contributed by atoms with van der Waals surface area (Å²) >= 11 is 0. The number of amides is 1. The van der Waals surface area contributed by atoms with Crippen LogP contribution in [0.3, 0.4) is 0 Å². The van der Waals surface area contributed by atoms with Crippen molar-refractivity contribution < 1.29 is 9.72 Å². The number of piperidine rings is 1. The largest absolute Gasteiger partial charge is 0.348 e. The van der Waals surface area contributed by atoms with Gasteiger partial charge in [0.15, 0.2) is 5.69 Å². The molecule has 2 N–H and O–H groups in total. The Hall–Kier alpha value is -2.48. The number of aromatic nitrogens is 2. The van der Waals surface area contributed by atoms with Gasteiger partial charge in [-0.05, 0) is 31.9 Å². The summed E-state index contributed by atoms with van der Waals surface area (Å²) in [7, 11) is 0. The molecule has 1 aliphatic rings. The maximum Gasteiger partial charge on any atom is 0.272 e. The molecule has 8 nitrogen and oxygen atoms in total. The van der Waals surface area contributed by atoms with Gasteiger partial charge < -0.3 is 10.2 Å². The van der Waals surface area contributed by atoms with E-state index in [1.807, 2.05) is 0 Å². The van der Waals surface area contributed by atoms with Gasteiger partial charge in [0, 0.05) is 36.7 Å². The summed E-state index contributed by atoms with van der Waals surface area (Å²) in [6.45, 7) is 5.21. The molecule has 0 aliphatic carbocycles. The molecule has 0 unspecified atom stereocenters. The molecule has 0 bridgehead atoms. The summed E-state index contributed by atoms with van der Waals surface area (Å²) in [5.74, 6) is -0.282. The van der Waals surface area contributed by atoms with Gasteiger partial charge in [-0.2, -0.15) is 5.10 Å². The number of nitrogens with zero attached hydrogens (tertiary/aromatic N) is 3. The van der Waals surface area contributed by atoms with Crippen LogP contribution in [0.1, 0.15) is 36.7 Å². The van der Waals surface area contributed by atoms with Crippen molar-refractivity contribution in [2.24, 2.45) is 0 Å². The first-order chi connectivity index (χ1) is 11.6. The third kappa shape index (κ3) is 3.38. The summed E-state index contributed by atoms with van der Waals surface area (Å²) in [4.78, 5) is 25.3. The molecule has 1 aliphatic heterocycles. The average Bonchev–Trinajstić information content (AvgIpc) is 3.00. The summed E-state index contributed by atoms with van der Waals surface area (Å²) in [6.07, 6.45) is 2.96. The van der Waals surface area contributed by atoms with E-state index in [0.717, 1.165) is 38.9 Å². The van der Waals surface area contributed by atoms with E-state index >= 15 is 0 Å². The predicted molar refractivity (Wildman–Crippen MR) is 90.0 cm³/mol. The zero-order chi connectivity index (χ0) is 17.1. The van der Waals surface area contributed by atoms with Crippen LogP contribution in [0, 0.1) is 10.1 Å². The lowest BCUT2D eigenvalue weighted by Crippen LogP contribution is -2.44. The van der Waals surface area contributed by atoms with Gasteiger partial charge in [0.1, 0.15) is 0 Å². The van der Waals surface area contributed by atoms with E-state index in [2.05, 4.69) is 27.3 Å². The first kappa shape index (κ1) is 16.4. The third-order valence-electron chi connectivity index (χ3n) is 4.43. The van der Waals surface area contributed by atoms with E-state index < -0.39 is 4.92 Å². The van der Waals surface area contributed by atoms with Crippen LogP contribution >= 0.6 is 0 Å². The lowest BCUT2D eigenvalue weighted by molar-refractivity contribution is -0.384. The lowest BCUT2D eigenvalue weighted by atomic mass is 10.0. The number of carbonyl (C=O) groups excluding carboxylic acids is 1. The Morgan fingerprint density at radius 2 is 2.21 bits per heavy atom. The van der Waals surface area contributed by atoms with Gasteiger partial charge in [0.2, 0.25) is 0 Å². The number of carbonyl (C=O) groups is 1. The molecule has 0 atom stereocenters. The Labute approximate surface area is 139 Å². The van der Waals surface area contributed by atoms with Gasteiger partial charge in [-0.3, -0.25) is 20.0 Å². The number of fused-ring (bicyclic) bond motifs is 1. The van der Waals surface area contributed by atoms with E-state index in [1.165, 1.54) is 12.1 Å². The number of aromatic amines is 1. The molecule has 0 saturated carbocycles. The molecule has 1 amide bonds. The quantitative estimate of drug-likeness (QED) is 0.645. The van der Waals surface area contributed by atoms with Crippen molar-refractivity contribution in [2.45, 2.75) is 32.2 Å². The summed E-state index contributed by atoms with van der Waals surface area (Å²) in [5, 5.41) is 21.2. The number of hydrogen-bond donors (Lipinski definition) is 2. The zero-order valence-electron chi connectivity index (χ0n) is 13.6. The van der Waals surface area contributed by atoms with E-state index in [1.54, 1.807) is 6.07 Å². The fraction of sp³-hybridized carbons (Fsp3) is 0.500. The molecule has 1 fully saturated rings. The Kier molecular flexibility index (Phi) is 4.75. The highest BCUT2D eigenvalue weighted by atomic mass is 16.6. The fourth-order valence-electron chi connectivity index (χ4n) is 3.16. The number of nitrogens with one attached hydrogen (secondary N) is 2. The van der Waals surface area contributed by atoms with Crippen LogP contribution in [-0.2, 0) is 0 Å². The molecule has 8 heteroatoms. The van der Waals surface area contributed by atoms with Gasteiger partial charge in [-0.15, -0.1) is 0 Å². The molecule has 1 aromatic carbocycles. The number of likely N-dealkylation sites (tertiary alicyclic amines) is 1. The topological polar surface area (TPSA) is 104 Å². The normalized spacial score (nSPS) is 16.4. The molecule has 1 saturated heterocycles. The second kappa shape index (κ2) is 6.96. The van der Waals surface area contributed by atoms with Crippen LogP contribution in [0.5, 0.6) is 0 Å². The minimum absolute atomic E-state index is 0.0502. The predicted octanol–water partition coefficient (Wildman–Crippen LogP) is 2.08. The molecule has 2 heterocycles. The second-order valence-electron chi connectivity index (χ2n) is 6.15. The molecule has 0 spiro atoms. The number of hydrogen-bond acceptors (Lipinski definition) is 5. The molecule has 24 heavy (non-hydrogen) atoms. The van der Waals surface area contributed by atoms with Crippen LogP contribution in [0.15, 0.2) is 18.2 Å². The highest BCUT2D eigenvalue weighted by molar-refractivity contribution is 6.05. The van der Waals surface area contributed by atoms with Crippen molar-refractivity contribution in [3.05, 3.63) is 34.0 Å². The standard InChI is InChI=1S/C16H21N5O3/c1-2-7-20-8-5-11(6-9-20)17-16(22)15-13-10-12(21(23)24)3-4-14(13)18-19-15/h3-4,10-11H,2,5-9H2,1H3,(H,17,22)(H,18,19). The number of nitro groups is 1. The van der Waals surface area contributed by atoms with Crippen molar-refractivity contribution in [1.82, 2.24) is 20.4 Å². The van der Waals surface area contributed by atoms with Gasteiger partial charge in [0.25, 0.3) is 11.6 Å². The van der Waals surface area contributed by atoms with Crippen LogP contribution in [0.4, 0.5) is 5.69 Å². The minimum atomic E-state index is -0.475. The van der Waals surface area contributed by atoms with Gasteiger partial charge in [0.05, 0.1) is 10.4 Å². The number of benzene rings is 1. The lowest BCUT2D eigenvalue weighted by Gasteiger charge is -2.31. The maximum absolute atomic E-state index is 12.5. The zero-order valence-corrected chi connectivity index (χ0v) is 13.6. The van der Waals surface area contributed by atoms with Crippen molar-refractivity contribution in [3.63, 3.8) is 0 Å². The molecular formula is C16H21N5O3. The smallest absolute Gasteiger partial charge is 0.272 e. The Bertz CT molecular complexity index is 749. The number of H-pyrrole nitrogens is 1. The Morgan fingerprint density at radius 3 is 2.88 bits per heavy atom. The first-order valence-corrected chi connectivity index (χ1v) is 8.24. The molecular weight excluding hydrogens is 310 g/mol. The van der Waals surface area contributed by atoms with Crippen molar-refractivity contribution in [2.75, 3.05) is 19.6 Å². The second-order valence-corrected chi connectivity index (χ2v) is 6.15. The fourth-order valence-corrected chi connectivity index (χ4v) is 3.16. The summed E-state index contributed by atoms with van der Waals surface area (Å²) in [5.41, 5.74) is 0.777. The van der Waals surface area contributed by atoms with Crippen LogP contribution in [0.25, 0.3) is 10.9 Å². The molecule has 0 radical (unpaired) electrons. The highest BCUT2D eigenvalue weighted by Crippen LogP contribution is 2.22. The SMILES string of the molecule is CCCN1CCC(NC(=O)c2n[nH]c3ccc([N+](=O)[O-])cc23)CC1. The third-order valence-corrected chi connectivity index (χ3v) is 4.43. The monoisotopic (exact) mass is 331 g/mol. The molecule has 1 aromatic heterocycles. The van der Waals surface area contributed by atoms with Crippen LogP contribution in [0.2, 0.25) is 0 Å².